The lowest BCUT2D eigenvalue weighted by Gasteiger charge is -2.26. The van der Waals surface area contributed by atoms with Gasteiger partial charge in [0.15, 0.2) is 11.6 Å². The zero-order valence-electron chi connectivity index (χ0n) is 20.4. The van der Waals surface area contributed by atoms with Crippen molar-refractivity contribution in [2.24, 2.45) is 0 Å². The first-order valence-electron chi connectivity index (χ1n) is 11.5. The second-order valence-electron chi connectivity index (χ2n) is 8.65. The van der Waals surface area contributed by atoms with Crippen molar-refractivity contribution in [2.45, 2.75) is 44.4 Å². The van der Waals surface area contributed by atoms with Gasteiger partial charge in [0, 0.05) is 13.1 Å². The molecule has 11 heteroatoms. The van der Waals surface area contributed by atoms with Gasteiger partial charge in [-0.15, -0.1) is 13.2 Å². The van der Waals surface area contributed by atoms with Crippen molar-refractivity contribution >= 4 is 5.91 Å². The van der Waals surface area contributed by atoms with Gasteiger partial charge >= 0.3 is 12.5 Å². The Kier molecular flexibility index (Phi) is 9.03. The molecule has 0 bridgehead atoms. The molecule has 204 valence electrons. The lowest BCUT2D eigenvalue weighted by molar-refractivity contribution is -0.275. The predicted molar refractivity (Wildman–Crippen MR) is 127 cm³/mol. The smallest absolute Gasteiger partial charge is 0.403 e. The maximum Gasteiger partial charge on any atom is 0.573 e. The number of hydrogen-bond donors (Lipinski definition) is 2. The number of carbonyl (C=O) groups excluding carboxylic acids is 1. The van der Waals surface area contributed by atoms with Crippen LogP contribution in [0.4, 0.5) is 30.7 Å². The van der Waals surface area contributed by atoms with Crippen molar-refractivity contribution in [3.05, 3.63) is 100 Å². The number of likely N-dealkylation sites (N-methyl/N-ethyl adjacent to an activating group) is 1. The molecular weight excluding hydrogens is 517 g/mol. The van der Waals surface area contributed by atoms with E-state index in [1.165, 1.54) is 25.2 Å². The van der Waals surface area contributed by atoms with Gasteiger partial charge in [-0.25, -0.2) is 4.39 Å². The molecule has 0 fully saturated rings. The highest BCUT2D eigenvalue weighted by atomic mass is 19.4. The predicted octanol–water partition coefficient (Wildman–Crippen LogP) is 6.80. The summed E-state index contributed by atoms with van der Waals surface area (Å²) >= 11 is 0. The van der Waals surface area contributed by atoms with Crippen LogP contribution in [0.15, 0.2) is 66.7 Å². The first kappa shape index (κ1) is 29.0. The van der Waals surface area contributed by atoms with E-state index in [4.69, 9.17) is 0 Å². The number of alkyl halides is 6. The van der Waals surface area contributed by atoms with Crippen LogP contribution in [-0.4, -0.2) is 19.3 Å². The standard InChI is InChI=1S/C27H25F7N2O2/c1-16-3-8-18(9-4-16)24(25(37)35-2)36-22(14-7-17-5-11-20(12-6-17)26(29,30)31)19-10-13-21(28)23(15-19)38-27(32,33)34/h3-6,8-13,15,22,24,36H,7,14H2,1-2H3,(H,35,37). The van der Waals surface area contributed by atoms with Crippen molar-refractivity contribution < 1.29 is 40.3 Å². The van der Waals surface area contributed by atoms with Crippen molar-refractivity contribution in [2.75, 3.05) is 7.05 Å². The molecule has 0 aliphatic carbocycles. The average molecular weight is 542 g/mol. The van der Waals surface area contributed by atoms with Gasteiger partial charge in [0.2, 0.25) is 5.91 Å². The fraction of sp³-hybridized carbons (Fsp3) is 0.296. The van der Waals surface area contributed by atoms with Gasteiger partial charge in [-0.05, 0) is 60.7 Å². The quantitative estimate of drug-likeness (QED) is 0.293. The summed E-state index contributed by atoms with van der Waals surface area (Å²) in [4.78, 5) is 12.8. The van der Waals surface area contributed by atoms with Crippen LogP contribution in [0.1, 0.15) is 46.3 Å². The van der Waals surface area contributed by atoms with Crippen LogP contribution in [0.25, 0.3) is 0 Å². The largest absolute Gasteiger partial charge is 0.573 e. The highest BCUT2D eigenvalue weighted by Crippen LogP contribution is 2.33. The van der Waals surface area contributed by atoms with E-state index in [1.54, 1.807) is 24.3 Å². The SMILES string of the molecule is CNC(=O)C(NC(CCc1ccc(C(F)(F)F)cc1)c1ccc(F)c(OC(F)(F)F)c1)c1ccc(C)cc1. The van der Waals surface area contributed by atoms with Crippen molar-refractivity contribution in [3.8, 4) is 5.75 Å². The van der Waals surface area contributed by atoms with E-state index in [0.29, 0.717) is 11.1 Å². The first-order chi connectivity index (χ1) is 17.8. The van der Waals surface area contributed by atoms with Crippen LogP contribution in [0, 0.1) is 12.7 Å². The van der Waals surface area contributed by atoms with Crippen LogP contribution >= 0.6 is 0 Å². The number of ether oxygens (including phenoxy) is 1. The van der Waals surface area contributed by atoms with Crippen LogP contribution < -0.4 is 15.4 Å². The molecular formula is C27H25F7N2O2. The Bertz CT molecular complexity index is 1220. The van der Waals surface area contributed by atoms with Crippen molar-refractivity contribution in [1.82, 2.24) is 10.6 Å². The molecule has 0 saturated carbocycles. The second kappa shape index (κ2) is 11.8. The van der Waals surface area contributed by atoms with E-state index in [2.05, 4.69) is 15.4 Å². The van der Waals surface area contributed by atoms with Gasteiger partial charge in [-0.1, -0.05) is 48.0 Å². The summed E-state index contributed by atoms with van der Waals surface area (Å²) in [7, 11) is 1.43. The van der Waals surface area contributed by atoms with Crippen LogP contribution in [0.5, 0.6) is 5.75 Å². The molecule has 38 heavy (non-hydrogen) atoms. The Morgan fingerprint density at radius 1 is 0.895 bits per heavy atom. The molecule has 0 saturated heterocycles. The highest BCUT2D eigenvalue weighted by molar-refractivity contribution is 5.83. The van der Waals surface area contributed by atoms with E-state index in [-0.39, 0.29) is 18.4 Å². The minimum Gasteiger partial charge on any atom is -0.403 e. The molecule has 0 aliphatic heterocycles. The summed E-state index contributed by atoms with van der Waals surface area (Å²) in [5.74, 6) is -2.70. The summed E-state index contributed by atoms with van der Waals surface area (Å²) in [5, 5.41) is 5.66. The summed E-state index contributed by atoms with van der Waals surface area (Å²) in [6, 6.07) is 12.7. The van der Waals surface area contributed by atoms with Gasteiger partial charge in [-0.3, -0.25) is 10.1 Å². The summed E-state index contributed by atoms with van der Waals surface area (Å²) < 4.78 is 95.1. The van der Waals surface area contributed by atoms with Gasteiger partial charge in [-0.2, -0.15) is 13.2 Å². The maximum absolute atomic E-state index is 14.1. The summed E-state index contributed by atoms with van der Waals surface area (Å²) in [6.07, 6.45) is -9.27. The third kappa shape index (κ3) is 7.95. The molecule has 0 spiro atoms. The number of hydrogen-bond acceptors (Lipinski definition) is 3. The fourth-order valence-corrected chi connectivity index (χ4v) is 3.88. The number of aryl methyl sites for hydroxylation is 2. The van der Waals surface area contributed by atoms with Crippen LogP contribution in [-0.2, 0) is 17.4 Å². The number of rotatable bonds is 9. The first-order valence-corrected chi connectivity index (χ1v) is 11.5. The lowest BCUT2D eigenvalue weighted by Crippen LogP contribution is -2.38. The van der Waals surface area contributed by atoms with E-state index < -0.39 is 47.7 Å². The van der Waals surface area contributed by atoms with Crippen molar-refractivity contribution in [3.63, 3.8) is 0 Å². The molecule has 4 nitrogen and oxygen atoms in total. The summed E-state index contributed by atoms with van der Waals surface area (Å²) in [6.45, 7) is 1.86. The number of halogens is 7. The molecule has 0 aromatic heterocycles. The van der Waals surface area contributed by atoms with E-state index >= 15 is 0 Å². The third-order valence-corrected chi connectivity index (χ3v) is 5.87. The molecule has 3 rings (SSSR count). The molecule has 2 N–H and O–H groups in total. The van der Waals surface area contributed by atoms with Crippen molar-refractivity contribution in [1.29, 1.82) is 0 Å². The van der Waals surface area contributed by atoms with Crippen LogP contribution in [0.2, 0.25) is 0 Å². The third-order valence-electron chi connectivity index (χ3n) is 5.87. The minimum atomic E-state index is -5.13. The van der Waals surface area contributed by atoms with Gasteiger partial charge in [0.1, 0.15) is 6.04 Å². The molecule has 0 aliphatic rings. The number of carbonyl (C=O) groups is 1. The number of nitrogens with one attached hydrogen (secondary N) is 2. The Morgan fingerprint density at radius 2 is 1.50 bits per heavy atom. The molecule has 2 unspecified atom stereocenters. The Balaban J connectivity index is 1.95. The summed E-state index contributed by atoms with van der Waals surface area (Å²) in [5.41, 5.74) is 1.42. The van der Waals surface area contributed by atoms with Crippen LogP contribution in [0.3, 0.4) is 0 Å². The average Bonchev–Trinajstić information content (AvgIpc) is 2.85. The highest BCUT2D eigenvalue weighted by Gasteiger charge is 2.33. The molecule has 0 radical (unpaired) electrons. The lowest BCUT2D eigenvalue weighted by atomic mass is 9.95. The molecule has 3 aromatic rings. The van der Waals surface area contributed by atoms with E-state index in [0.717, 1.165) is 29.8 Å². The Hall–Kier alpha value is -3.60. The molecule has 0 heterocycles. The monoisotopic (exact) mass is 542 g/mol. The van der Waals surface area contributed by atoms with Gasteiger partial charge in [0.05, 0.1) is 5.56 Å². The maximum atomic E-state index is 14.1. The molecule has 3 aromatic carbocycles. The van der Waals surface area contributed by atoms with Gasteiger partial charge < -0.3 is 10.1 Å². The second-order valence-corrected chi connectivity index (χ2v) is 8.65. The minimum absolute atomic E-state index is 0.155. The molecule has 2 atom stereocenters. The number of amides is 1. The fourth-order valence-electron chi connectivity index (χ4n) is 3.88. The van der Waals surface area contributed by atoms with E-state index in [9.17, 15) is 35.5 Å². The Labute approximate surface area is 214 Å². The molecule has 1 amide bonds. The Morgan fingerprint density at radius 3 is 2.05 bits per heavy atom. The van der Waals surface area contributed by atoms with E-state index in [1.807, 2.05) is 6.92 Å². The zero-order chi connectivity index (χ0) is 28.1. The topological polar surface area (TPSA) is 50.4 Å². The zero-order valence-corrected chi connectivity index (χ0v) is 20.4. The normalized spacial score (nSPS) is 13.6. The van der Waals surface area contributed by atoms with Gasteiger partial charge in [0.25, 0.3) is 0 Å². The number of benzene rings is 3.